The number of nitrogens with one attached hydrogen (secondary N) is 1. The van der Waals surface area contributed by atoms with Crippen molar-refractivity contribution in [2.75, 3.05) is 0 Å². The Bertz CT molecular complexity index is 611. The molecule has 0 unspecified atom stereocenters. The fourth-order valence-electron chi connectivity index (χ4n) is 1.71. The molecule has 5 nitrogen and oxygen atoms in total. The summed E-state index contributed by atoms with van der Waals surface area (Å²) in [6.07, 6.45) is 0.121. The zero-order chi connectivity index (χ0) is 15.6. The Morgan fingerprint density at radius 1 is 1.40 bits per heavy atom. The number of benzene rings is 1. The third-order valence-corrected chi connectivity index (χ3v) is 5.43. The highest BCUT2D eigenvalue weighted by molar-refractivity contribution is 9.10. The lowest BCUT2D eigenvalue weighted by atomic mass is 10.0. The fraction of sp³-hybridized carbons (Fsp3) is 0.462. The highest BCUT2D eigenvalue weighted by Gasteiger charge is 2.28. The molecule has 0 aromatic heterocycles. The summed E-state index contributed by atoms with van der Waals surface area (Å²) in [4.78, 5) is 10.7. The minimum absolute atomic E-state index is 0.0927. The number of sulfonamides is 1. The first-order valence-corrected chi connectivity index (χ1v) is 8.33. The Morgan fingerprint density at radius 2 is 2.00 bits per heavy atom. The number of carboxylic acids is 1. The molecule has 20 heavy (non-hydrogen) atoms. The molecule has 0 amide bonds. The van der Waals surface area contributed by atoms with E-state index in [1.165, 1.54) is 6.07 Å². The Morgan fingerprint density at radius 3 is 2.50 bits per heavy atom. The molecule has 0 bridgehead atoms. The zero-order valence-electron chi connectivity index (χ0n) is 11.6. The van der Waals surface area contributed by atoms with E-state index in [9.17, 15) is 13.2 Å². The van der Waals surface area contributed by atoms with Crippen molar-refractivity contribution >= 4 is 31.9 Å². The molecule has 0 atom stereocenters. The molecular formula is C13H18BrNO4S. The molecule has 7 heteroatoms. The van der Waals surface area contributed by atoms with Crippen molar-refractivity contribution in [1.29, 1.82) is 0 Å². The van der Waals surface area contributed by atoms with E-state index in [2.05, 4.69) is 20.7 Å². The van der Waals surface area contributed by atoms with Gasteiger partial charge in [-0.3, -0.25) is 4.79 Å². The Balaban J connectivity index is 2.97. The molecule has 0 saturated carbocycles. The summed E-state index contributed by atoms with van der Waals surface area (Å²) in [7, 11) is -3.70. The van der Waals surface area contributed by atoms with Crippen LogP contribution in [0.1, 0.15) is 32.3 Å². The third-order valence-electron chi connectivity index (χ3n) is 2.75. The van der Waals surface area contributed by atoms with Gasteiger partial charge in [-0.25, -0.2) is 13.1 Å². The van der Waals surface area contributed by atoms with E-state index in [0.29, 0.717) is 4.47 Å². The second kappa shape index (κ2) is 6.24. The molecule has 0 aliphatic rings. The van der Waals surface area contributed by atoms with Crippen molar-refractivity contribution in [3.63, 3.8) is 0 Å². The van der Waals surface area contributed by atoms with Gasteiger partial charge < -0.3 is 5.11 Å². The molecule has 0 saturated heterocycles. The molecule has 0 spiro atoms. The van der Waals surface area contributed by atoms with Crippen LogP contribution in [0.25, 0.3) is 0 Å². The van der Waals surface area contributed by atoms with Crippen molar-refractivity contribution in [3.05, 3.63) is 28.2 Å². The van der Waals surface area contributed by atoms with Gasteiger partial charge in [0.05, 0.1) is 4.90 Å². The molecule has 2 N–H and O–H groups in total. The molecule has 0 radical (unpaired) electrons. The minimum Gasteiger partial charge on any atom is -0.481 e. The van der Waals surface area contributed by atoms with E-state index < -0.39 is 21.5 Å². The largest absolute Gasteiger partial charge is 0.481 e. The van der Waals surface area contributed by atoms with Crippen molar-refractivity contribution in [2.24, 2.45) is 0 Å². The quantitative estimate of drug-likeness (QED) is 0.813. The minimum atomic E-state index is -3.70. The first-order chi connectivity index (χ1) is 9.03. The van der Waals surface area contributed by atoms with Crippen LogP contribution in [0.4, 0.5) is 0 Å². The van der Waals surface area contributed by atoms with E-state index >= 15 is 0 Å². The van der Waals surface area contributed by atoms with E-state index in [1.54, 1.807) is 26.0 Å². The van der Waals surface area contributed by atoms with Crippen LogP contribution in [0.3, 0.4) is 0 Å². The van der Waals surface area contributed by atoms with Gasteiger partial charge in [0.2, 0.25) is 10.0 Å². The number of hydrogen-bond acceptors (Lipinski definition) is 3. The van der Waals surface area contributed by atoms with Gasteiger partial charge in [0.25, 0.3) is 0 Å². The molecule has 0 aliphatic carbocycles. The molecule has 1 aromatic rings. The molecule has 0 heterocycles. The second-order valence-electron chi connectivity index (χ2n) is 5.32. The molecule has 0 fully saturated rings. The maximum absolute atomic E-state index is 12.3. The van der Waals surface area contributed by atoms with Gasteiger partial charge in [-0.15, -0.1) is 0 Å². The lowest BCUT2D eigenvalue weighted by molar-refractivity contribution is -0.137. The number of aliphatic carboxylic acids is 1. The van der Waals surface area contributed by atoms with Crippen molar-refractivity contribution in [2.45, 2.75) is 44.0 Å². The van der Waals surface area contributed by atoms with Gasteiger partial charge in [-0.1, -0.05) is 6.07 Å². The normalized spacial score (nSPS) is 12.4. The topological polar surface area (TPSA) is 83.5 Å². The van der Waals surface area contributed by atoms with Crippen LogP contribution in [0.15, 0.2) is 27.6 Å². The average molecular weight is 364 g/mol. The van der Waals surface area contributed by atoms with Crippen LogP contribution in [0.2, 0.25) is 0 Å². The lowest BCUT2D eigenvalue weighted by Crippen LogP contribution is -2.43. The number of carbonyl (C=O) groups is 1. The van der Waals surface area contributed by atoms with Crippen LogP contribution in [-0.2, 0) is 14.8 Å². The lowest BCUT2D eigenvalue weighted by Gasteiger charge is -2.25. The number of halogens is 1. The molecule has 1 aromatic carbocycles. The van der Waals surface area contributed by atoms with E-state index in [-0.39, 0.29) is 17.7 Å². The Labute approximate surface area is 127 Å². The molecular weight excluding hydrogens is 346 g/mol. The number of hydrogen-bond donors (Lipinski definition) is 2. The zero-order valence-corrected chi connectivity index (χ0v) is 14.0. The summed E-state index contributed by atoms with van der Waals surface area (Å²) < 4.78 is 27.7. The molecule has 0 aliphatic heterocycles. The van der Waals surface area contributed by atoms with Gasteiger partial charge in [-0.05, 0) is 60.8 Å². The summed E-state index contributed by atoms with van der Waals surface area (Å²) in [5.41, 5.74) is 0.114. The van der Waals surface area contributed by atoms with Gasteiger partial charge in [0, 0.05) is 16.4 Å². The first kappa shape index (κ1) is 17.1. The summed E-state index contributed by atoms with van der Waals surface area (Å²) in [6, 6.07) is 4.96. The van der Waals surface area contributed by atoms with E-state index in [1.807, 2.05) is 6.92 Å². The smallest absolute Gasteiger partial charge is 0.303 e. The maximum Gasteiger partial charge on any atom is 0.303 e. The summed E-state index contributed by atoms with van der Waals surface area (Å²) in [6.45, 7) is 5.19. The van der Waals surface area contributed by atoms with E-state index in [4.69, 9.17) is 5.11 Å². The monoisotopic (exact) mass is 363 g/mol. The van der Waals surface area contributed by atoms with Crippen molar-refractivity contribution in [1.82, 2.24) is 4.72 Å². The maximum atomic E-state index is 12.3. The number of aryl methyl sites for hydroxylation is 1. The first-order valence-electron chi connectivity index (χ1n) is 6.05. The van der Waals surface area contributed by atoms with Gasteiger partial charge in [0.1, 0.15) is 0 Å². The van der Waals surface area contributed by atoms with Crippen LogP contribution in [-0.4, -0.2) is 25.0 Å². The van der Waals surface area contributed by atoms with Crippen LogP contribution < -0.4 is 4.72 Å². The van der Waals surface area contributed by atoms with Crippen LogP contribution in [0.5, 0.6) is 0 Å². The van der Waals surface area contributed by atoms with Gasteiger partial charge >= 0.3 is 5.97 Å². The van der Waals surface area contributed by atoms with E-state index in [0.717, 1.165) is 5.56 Å². The predicted octanol–water partition coefficient (Wildman–Crippen LogP) is 2.68. The average Bonchev–Trinajstić information content (AvgIpc) is 2.24. The van der Waals surface area contributed by atoms with Gasteiger partial charge in [0.15, 0.2) is 0 Å². The third kappa shape index (κ3) is 4.88. The predicted molar refractivity (Wildman–Crippen MR) is 80.1 cm³/mol. The summed E-state index contributed by atoms with van der Waals surface area (Å²) in [5.74, 6) is -0.950. The van der Waals surface area contributed by atoms with Crippen LogP contribution >= 0.6 is 15.9 Å². The van der Waals surface area contributed by atoms with Crippen LogP contribution in [0, 0.1) is 6.92 Å². The number of rotatable bonds is 6. The summed E-state index contributed by atoms with van der Waals surface area (Å²) in [5, 5.41) is 8.68. The molecule has 112 valence electrons. The fourth-order valence-corrected chi connectivity index (χ4v) is 4.35. The van der Waals surface area contributed by atoms with Gasteiger partial charge in [-0.2, -0.15) is 0 Å². The standard InChI is InChI=1S/C13H18BrNO4S/c1-9-4-5-11(10(14)8-9)20(18,19)15-13(2,3)7-6-12(16)17/h4-5,8,15H,6-7H2,1-3H3,(H,16,17). The summed E-state index contributed by atoms with van der Waals surface area (Å²) >= 11 is 3.24. The Kier molecular flexibility index (Phi) is 5.34. The van der Waals surface area contributed by atoms with Crippen molar-refractivity contribution < 1.29 is 18.3 Å². The molecule has 1 rings (SSSR count). The SMILES string of the molecule is Cc1ccc(S(=O)(=O)NC(C)(C)CCC(=O)O)c(Br)c1. The highest BCUT2D eigenvalue weighted by Crippen LogP contribution is 2.25. The number of carboxylic acid groups (broad SMARTS) is 1. The Hall–Kier alpha value is -0.920. The highest BCUT2D eigenvalue weighted by atomic mass is 79.9. The second-order valence-corrected chi connectivity index (χ2v) is 7.82. The van der Waals surface area contributed by atoms with Crippen molar-refractivity contribution in [3.8, 4) is 0 Å².